The third kappa shape index (κ3) is 3.35. The Bertz CT molecular complexity index is 803. The number of hydrogen-bond donors (Lipinski definition) is 2. The molecule has 0 aromatic carbocycles. The first-order valence-corrected chi connectivity index (χ1v) is 9.11. The van der Waals surface area contributed by atoms with Crippen LogP contribution in [0.3, 0.4) is 0 Å². The third-order valence-electron chi connectivity index (χ3n) is 3.76. The minimum absolute atomic E-state index is 0.225. The Morgan fingerprint density at radius 1 is 1.48 bits per heavy atom. The largest absolute Gasteiger partial charge is 0.465 e. The predicted octanol–water partition coefficient (Wildman–Crippen LogP) is 2.00. The molecule has 1 aliphatic rings. The van der Waals surface area contributed by atoms with Gasteiger partial charge in [-0.2, -0.15) is 4.37 Å². The van der Waals surface area contributed by atoms with Gasteiger partial charge >= 0.3 is 12.0 Å². The molecule has 0 radical (unpaired) electrons. The fourth-order valence-corrected chi connectivity index (χ4v) is 4.19. The average molecular weight is 380 g/mol. The number of hydrogen-bond acceptors (Lipinski definition) is 7. The minimum atomic E-state index is -0.690. The smallest absolute Gasteiger partial charge is 0.342 e. The molecule has 2 aromatic rings. The summed E-state index contributed by atoms with van der Waals surface area (Å²) in [6.07, 6.45) is 0. The van der Waals surface area contributed by atoms with Gasteiger partial charge < -0.3 is 15.0 Å². The van der Waals surface area contributed by atoms with E-state index in [9.17, 15) is 14.4 Å². The third-order valence-corrected chi connectivity index (χ3v) is 5.54. The molecule has 1 saturated heterocycles. The number of aromatic nitrogens is 1. The lowest BCUT2D eigenvalue weighted by Crippen LogP contribution is -2.53. The van der Waals surface area contributed by atoms with E-state index >= 15 is 0 Å². The van der Waals surface area contributed by atoms with Crippen LogP contribution in [0.1, 0.15) is 27.0 Å². The highest BCUT2D eigenvalue weighted by molar-refractivity contribution is 7.11. The molecule has 0 aliphatic carbocycles. The molecule has 2 N–H and O–H groups in total. The average Bonchev–Trinajstić information content (AvgIpc) is 3.24. The lowest BCUT2D eigenvalue weighted by Gasteiger charge is -2.34. The predicted molar refractivity (Wildman–Crippen MR) is 94.0 cm³/mol. The number of anilines is 1. The fourth-order valence-electron chi connectivity index (χ4n) is 2.58. The molecule has 1 fully saturated rings. The summed E-state index contributed by atoms with van der Waals surface area (Å²) in [4.78, 5) is 39.2. The van der Waals surface area contributed by atoms with Gasteiger partial charge in [-0.25, -0.2) is 9.59 Å². The molecule has 3 heterocycles. The van der Waals surface area contributed by atoms with E-state index in [4.69, 9.17) is 4.74 Å². The molecule has 0 saturated carbocycles. The summed E-state index contributed by atoms with van der Waals surface area (Å²) in [5.41, 5.74) is 0.716. The van der Waals surface area contributed by atoms with Crippen LogP contribution in [0.15, 0.2) is 17.5 Å². The van der Waals surface area contributed by atoms with E-state index in [1.807, 2.05) is 17.5 Å². The second kappa shape index (κ2) is 7.19. The Balaban J connectivity index is 1.85. The van der Waals surface area contributed by atoms with E-state index in [1.165, 1.54) is 23.3 Å². The number of aryl methyl sites for hydroxylation is 1. The van der Waals surface area contributed by atoms with Gasteiger partial charge in [-0.1, -0.05) is 6.07 Å². The summed E-state index contributed by atoms with van der Waals surface area (Å²) in [5, 5.41) is 7.64. The van der Waals surface area contributed by atoms with Gasteiger partial charge in [0.1, 0.15) is 16.6 Å². The normalized spacial score (nSPS) is 17.1. The fraction of sp³-hybridized carbons (Fsp3) is 0.333. The Hall–Kier alpha value is -2.46. The van der Waals surface area contributed by atoms with Gasteiger partial charge in [0, 0.05) is 18.0 Å². The number of amides is 3. The second-order valence-corrected chi connectivity index (χ2v) is 7.05. The molecule has 3 rings (SSSR count). The Kier molecular flexibility index (Phi) is 5.00. The first-order valence-electron chi connectivity index (χ1n) is 7.46. The van der Waals surface area contributed by atoms with E-state index < -0.39 is 18.0 Å². The van der Waals surface area contributed by atoms with Crippen molar-refractivity contribution in [1.82, 2.24) is 14.6 Å². The second-order valence-electron chi connectivity index (χ2n) is 5.30. The van der Waals surface area contributed by atoms with Gasteiger partial charge in [0.25, 0.3) is 0 Å². The van der Waals surface area contributed by atoms with Crippen LogP contribution < -0.4 is 10.6 Å². The number of carbonyl (C=O) groups excluding carboxylic acids is 3. The Labute approximate surface area is 152 Å². The van der Waals surface area contributed by atoms with Crippen molar-refractivity contribution in [2.45, 2.75) is 13.0 Å². The van der Waals surface area contributed by atoms with Gasteiger partial charge in [-0.3, -0.25) is 10.1 Å². The van der Waals surface area contributed by atoms with Crippen molar-refractivity contribution < 1.29 is 19.1 Å². The molecule has 8 nitrogen and oxygen atoms in total. The van der Waals surface area contributed by atoms with Gasteiger partial charge in [0.15, 0.2) is 0 Å². The standard InChI is InChI=1S/C15H16N4O4S2/c1-8-10(14(21)23-2)13(25-18-8)17-15(22)19-6-5-16-12(20)11(19)9-4-3-7-24-9/h3-4,7,11H,5-6H2,1-2H3,(H,16,20)(H,17,22)/t11-/m0/s1. The first-order chi connectivity index (χ1) is 12.0. The Morgan fingerprint density at radius 3 is 2.96 bits per heavy atom. The SMILES string of the molecule is COC(=O)c1c(C)nsc1NC(=O)N1CCNC(=O)[C@@H]1c1cccs1. The van der Waals surface area contributed by atoms with Crippen LogP contribution in [0.25, 0.3) is 0 Å². The van der Waals surface area contributed by atoms with E-state index in [1.54, 1.807) is 6.92 Å². The van der Waals surface area contributed by atoms with Crippen LogP contribution in [0.5, 0.6) is 0 Å². The van der Waals surface area contributed by atoms with Crippen LogP contribution >= 0.6 is 22.9 Å². The van der Waals surface area contributed by atoms with E-state index in [2.05, 4.69) is 15.0 Å². The molecule has 0 unspecified atom stereocenters. The first kappa shape index (κ1) is 17.4. The summed E-state index contributed by atoms with van der Waals surface area (Å²) in [7, 11) is 1.27. The van der Waals surface area contributed by atoms with Crippen molar-refractivity contribution in [3.8, 4) is 0 Å². The van der Waals surface area contributed by atoms with E-state index in [-0.39, 0.29) is 11.5 Å². The lowest BCUT2D eigenvalue weighted by atomic mass is 10.1. The summed E-state index contributed by atoms with van der Waals surface area (Å²) in [6.45, 7) is 2.41. The molecule has 25 heavy (non-hydrogen) atoms. The lowest BCUT2D eigenvalue weighted by molar-refractivity contribution is -0.127. The molecule has 0 spiro atoms. The highest BCUT2D eigenvalue weighted by Crippen LogP contribution is 2.30. The number of urea groups is 1. The zero-order valence-electron chi connectivity index (χ0n) is 13.6. The maximum Gasteiger partial charge on any atom is 0.342 e. The highest BCUT2D eigenvalue weighted by Gasteiger charge is 2.35. The summed E-state index contributed by atoms with van der Waals surface area (Å²) >= 11 is 2.41. The maximum absolute atomic E-state index is 12.8. The van der Waals surface area contributed by atoms with Crippen LogP contribution in [-0.2, 0) is 9.53 Å². The van der Waals surface area contributed by atoms with E-state index in [0.29, 0.717) is 23.8 Å². The number of esters is 1. The molecule has 132 valence electrons. The number of methoxy groups -OCH3 is 1. The van der Waals surface area contributed by atoms with Gasteiger partial charge in [-0.05, 0) is 29.9 Å². The van der Waals surface area contributed by atoms with Crippen LogP contribution in [0.2, 0.25) is 0 Å². The quantitative estimate of drug-likeness (QED) is 0.794. The summed E-state index contributed by atoms with van der Waals surface area (Å²) < 4.78 is 8.84. The number of rotatable bonds is 3. The zero-order chi connectivity index (χ0) is 18.0. The Morgan fingerprint density at radius 2 is 2.28 bits per heavy atom. The van der Waals surface area contributed by atoms with Gasteiger partial charge in [-0.15, -0.1) is 11.3 Å². The van der Waals surface area contributed by atoms with Crippen molar-refractivity contribution in [2.24, 2.45) is 0 Å². The monoisotopic (exact) mass is 380 g/mol. The number of nitrogens with zero attached hydrogens (tertiary/aromatic N) is 2. The zero-order valence-corrected chi connectivity index (χ0v) is 15.2. The number of thiophene rings is 1. The van der Waals surface area contributed by atoms with Crippen molar-refractivity contribution in [3.05, 3.63) is 33.6 Å². The number of ether oxygens (including phenoxy) is 1. The van der Waals surface area contributed by atoms with Crippen molar-refractivity contribution in [3.63, 3.8) is 0 Å². The maximum atomic E-state index is 12.8. The number of carbonyl (C=O) groups is 3. The number of nitrogens with one attached hydrogen (secondary N) is 2. The summed E-state index contributed by atoms with van der Waals surface area (Å²) in [6, 6.07) is 2.50. The topological polar surface area (TPSA) is 101 Å². The highest BCUT2D eigenvalue weighted by atomic mass is 32.1. The molecule has 1 aliphatic heterocycles. The van der Waals surface area contributed by atoms with Crippen LogP contribution in [0, 0.1) is 6.92 Å². The van der Waals surface area contributed by atoms with Crippen LogP contribution in [0.4, 0.5) is 9.80 Å². The molecule has 1 atom stereocenters. The molecular formula is C15H16N4O4S2. The molecule has 10 heteroatoms. The van der Waals surface area contributed by atoms with Gasteiger partial charge in [0.2, 0.25) is 5.91 Å². The van der Waals surface area contributed by atoms with E-state index in [0.717, 1.165) is 16.4 Å². The molecule has 0 bridgehead atoms. The molecular weight excluding hydrogens is 364 g/mol. The van der Waals surface area contributed by atoms with Gasteiger partial charge in [0.05, 0.1) is 12.8 Å². The van der Waals surface area contributed by atoms with Crippen molar-refractivity contribution in [2.75, 3.05) is 25.5 Å². The number of piperazine rings is 1. The molecule has 2 aromatic heterocycles. The minimum Gasteiger partial charge on any atom is -0.465 e. The van der Waals surface area contributed by atoms with Crippen molar-refractivity contribution >= 4 is 45.8 Å². The van der Waals surface area contributed by atoms with Crippen LogP contribution in [-0.4, -0.2) is 47.4 Å². The summed E-state index contributed by atoms with van der Waals surface area (Å²) in [5.74, 6) is -0.787. The van der Waals surface area contributed by atoms with Crippen molar-refractivity contribution in [1.29, 1.82) is 0 Å². The molecule has 3 amide bonds.